The van der Waals surface area contributed by atoms with Crippen LogP contribution in [0.3, 0.4) is 0 Å². The number of sulfonamides is 1. The van der Waals surface area contributed by atoms with Gasteiger partial charge in [-0.05, 0) is 61.4 Å². The zero-order valence-corrected chi connectivity index (χ0v) is 20.7. The number of aromatic nitrogens is 2. The molecule has 1 aromatic carbocycles. The Labute approximate surface area is 198 Å². The fourth-order valence-corrected chi connectivity index (χ4v) is 7.64. The maximum Gasteiger partial charge on any atom is 0.243 e. The van der Waals surface area contributed by atoms with E-state index in [0.717, 1.165) is 42.2 Å². The molecule has 0 saturated carbocycles. The van der Waals surface area contributed by atoms with Crippen LogP contribution in [0.15, 0.2) is 29.2 Å². The molecule has 0 spiro atoms. The van der Waals surface area contributed by atoms with Gasteiger partial charge in [0.25, 0.3) is 0 Å². The predicted octanol–water partition coefficient (Wildman–Crippen LogP) is 4.42. The predicted molar refractivity (Wildman–Crippen MR) is 130 cm³/mol. The molecule has 2 aromatic heterocycles. The number of nitrogens with zero attached hydrogens (tertiary/aromatic N) is 4. The van der Waals surface area contributed by atoms with Crippen LogP contribution in [0.5, 0.6) is 0 Å². The second-order valence-corrected chi connectivity index (χ2v) is 12.1. The van der Waals surface area contributed by atoms with Crippen LogP contribution in [0.4, 0.5) is 10.2 Å². The standard InChI is InChI=1S/C24H29FN4O2S2/c1-3-4-21-26-23(22-19-10-5-16(2)15-20(19)32-24(22)27-21)28-11-13-29(14-12-28)33(30,31)18-8-6-17(25)7-9-18/h6-9,16H,3-5,10-15H2,1-2H3/t16-/m0/s1. The average molecular weight is 489 g/mol. The molecule has 0 radical (unpaired) electrons. The molecule has 9 heteroatoms. The summed E-state index contributed by atoms with van der Waals surface area (Å²) in [6.45, 7) is 6.32. The van der Waals surface area contributed by atoms with Gasteiger partial charge in [0.15, 0.2) is 0 Å². The van der Waals surface area contributed by atoms with Crippen molar-refractivity contribution in [1.82, 2.24) is 14.3 Å². The Morgan fingerprint density at radius 2 is 1.85 bits per heavy atom. The van der Waals surface area contributed by atoms with Crippen molar-refractivity contribution in [2.24, 2.45) is 5.92 Å². The van der Waals surface area contributed by atoms with Crippen molar-refractivity contribution in [1.29, 1.82) is 0 Å². The Hall–Kier alpha value is -2.10. The highest BCUT2D eigenvalue weighted by Gasteiger charge is 2.31. The molecular weight excluding hydrogens is 459 g/mol. The molecule has 0 N–H and O–H groups in total. The highest BCUT2D eigenvalue weighted by molar-refractivity contribution is 7.89. The van der Waals surface area contributed by atoms with Gasteiger partial charge >= 0.3 is 0 Å². The van der Waals surface area contributed by atoms with Crippen LogP contribution in [0.25, 0.3) is 10.2 Å². The van der Waals surface area contributed by atoms with E-state index in [1.807, 2.05) is 11.3 Å². The van der Waals surface area contributed by atoms with E-state index in [1.165, 1.54) is 50.8 Å². The van der Waals surface area contributed by atoms with Crippen molar-refractivity contribution in [2.75, 3.05) is 31.1 Å². The van der Waals surface area contributed by atoms with Gasteiger partial charge in [-0.3, -0.25) is 0 Å². The number of rotatable bonds is 5. The summed E-state index contributed by atoms with van der Waals surface area (Å²) in [5, 5.41) is 1.18. The second-order valence-electron chi connectivity index (χ2n) is 9.09. The van der Waals surface area contributed by atoms with E-state index >= 15 is 0 Å². The first-order valence-electron chi connectivity index (χ1n) is 11.7. The van der Waals surface area contributed by atoms with E-state index in [0.29, 0.717) is 32.1 Å². The largest absolute Gasteiger partial charge is 0.353 e. The summed E-state index contributed by atoms with van der Waals surface area (Å²) in [7, 11) is -3.64. The molecule has 3 heterocycles. The summed E-state index contributed by atoms with van der Waals surface area (Å²) in [6.07, 6.45) is 5.15. The highest BCUT2D eigenvalue weighted by Crippen LogP contribution is 2.41. The minimum Gasteiger partial charge on any atom is -0.353 e. The molecule has 176 valence electrons. The van der Waals surface area contributed by atoms with Gasteiger partial charge in [-0.1, -0.05) is 13.8 Å². The zero-order valence-electron chi connectivity index (χ0n) is 19.1. The topological polar surface area (TPSA) is 66.4 Å². The number of thiophene rings is 1. The van der Waals surface area contributed by atoms with Crippen LogP contribution in [-0.2, 0) is 29.3 Å². The van der Waals surface area contributed by atoms with Gasteiger partial charge in [0.05, 0.1) is 10.3 Å². The van der Waals surface area contributed by atoms with Crippen LogP contribution >= 0.6 is 11.3 Å². The van der Waals surface area contributed by atoms with Gasteiger partial charge in [-0.15, -0.1) is 11.3 Å². The third-order valence-electron chi connectivity index (χ3n) is 6.65. The van der Waals surface area contributed by atoms with E-state index in [2.05, 4.69) is 18.7 Å². The van der Waals surface area contributed by atoms with E-state index in [4.69, 9.17) is 9.97 Å². The Morgan fingerprint density at radius 1 is 1.12 bits per heavy atom. The Bertz CT molecular complexity index is 1270. The lowest BCUT2D eigenvalue weighted by Crippen LogP contribution is -2.49. The maximum absolute atomic E-state index is 13.3. The SMILES string of the molecule is CCCc1nc(N2CCN(S(=O)(=O)c3ccc(F)cc3)CC2)c2c3c(sc2n1)C[C@@H](C)CC3. The molecule has 3 aromatic rings. The molecule has 6 nitrogen and oxygen atoms in total. The number of hydrogen-bond acceptors (Lipinski definition) is 6. The normalized spacial score (nSPS) is 19.7. The van der Waals surface area contributed by atoms with Crippen LogP contribution in [0.1, 0.15) is 43.0 Å². The third-order valence-corrected chi connectivity index (χ3v) is 9.71. The fourth-order valence-electron chi connectivity index (χ4n) is 4.83. The number of aryl methyl sites for hydroxylation is 2. The van der Waals surface area contributed by atoms with Gasteiger partial charge in [-0.25, -0.2) is 22.8 Å². The first kappa shape index (κ1) is 22.7. The van der Waals surface area contributed by atoms with Crippen molar-refractivity contribution in [3.8, 4) is 0 Å². The summed E-state index contributed by atoms with van der Waals surface area (Å²) in [6, 6.07) is 5.05. The number of anilines is 1. The van der Waals surface area contributed by atoms with E-state index in [1.54, 1.807) is 0 Å². The summed E-state index contributed by atoms with van der Waals surface area (Å²) >= 11 is 1.81. The molecule has 2 aliphatic rings. The van der Waals surface area contributed by atoms with Crippen LogP contribution < -0.4 is 4.90 Å². The molecule has 1 saturated heterocycles. The van der Waals surface area contributed by atoms with Gasteiger partial charge in [0.2, 0.25) is 10.0 Å². The molecule has 1 atom stereocenters. The van der Waals surface area contributed by atoms with Gasteiger partial charge in [-0.2, -0.15) is 4.31 Å². The molecule has 0 bridgehead atoms. The van der Waals surface area contributed by atoms with Crippen molar-refractivity contribution in [2.45, 2.75) is 50.8 Å². The number of halogens is 1. The Balaban J connectivity index is 1.45. The lowest BCUT2D eigenvalue weighted by molar-refractivity contribution is 0.384. The fraction of sp³-hybridized carbons (Fsp3) is 0.500. The molecule has 0 amide bonds. The van der Waals surface area contributed by atoms with Gasteiger partial charge in [0, 0.05) is 37.5 Å². The lowest BCUT2D eigenvalue weighted by Gasteiger charge is -2.35. The van der Waals surface area contributed by atoms with E-state index in [-0.39, 0.29) is 4.90 Å². The van der Waals surface area contributed by atoms with Crippen molar-refractivity contribution in [3.05, 3.63) is 46.3 Å². The Kier molecular flexibility index (Phi) is 6.13. The molecule has 33 heavy (non-hydrogen) atoms. The van der Waals surface area contributed by atoms with E-state index < -0.39 is 15.8 Å². The summed E-state index contributed by atoms with van der Waals surface area (Å²) < 4.78 is 40.8. The summed E-state index contributed by atoms with van der Waals surface area (Å²) in [4.78, 5) is 14.7. The van der Waals surface area contributed by atoms with Crippen LogP contribution in [0, 0.1) is 11.7 Å². The summed E-state index contributed by atoms with van der Waals surface area (Å²) in [5.41, 5.74) is 1.40. The zero-order chi connectivity index (χ0) is 23.2. The smallest absolute Gasteiger partial charge is 0.243 e. The second kappa shape index (κ2) is 8.92. The van der Waals surface area contributed by atoms with Crippen molar-refractivity contribution < 1.29 is 12.8 Å². The minimum atomic E-state index is -3.64. The molecular formula is C24H29FN4O2S2. The molecule has 5 rings (SSSR count). The quantitative estimate of drug-likeness (QED) is 0.532. The van der Waals surface area contributed by atoms with Gasteiger partial charge in [0.1, 0.15) is 22.3 Å². The minimum absolute atomic E-state index is 0.132. The molecule has 1 aliphatic heterocycles. The highest BCUT2D eigenvalue weighted by atomic mass is 32.2. The van der Waals surface area contributed by atoms with Crippen LogP contribution in [0.2, 0.25) is 0 Å². The number of hydrogen-bond donors (Lipinski definition) is 0. The summed E-state index contributed by atoms with van der Waals surface area (Å²) in [5.74, 6) is 2.09. The number of fused-ring (bicyclic) bond motifs is 3. The lowest BCUT2D eigenvalue weighted by atomic mass is 9.89. The van der Waals surface area contributed by atoms with Crippen LogP contribution in [-0.4, -0.2) is 48.9 Å². The first-order valence-corrected chi connectivity index (χ1v) is 13.9. The first-order chi connectivity index (χ1) is 15.9. The van der Waals surface area contributed by atoms with E-state index in [9.17, 15) is 12.8 Å². The number of benzene rings is 1. The maximum atomic E-state index is 13.3. The number of piperazine rings is 1. The van der Waals surface area contributed by atoms with Crippen molar-refractivity contribution >= 4 is 37.4 Å². The van der Waals surface area contributed by atoms with Gasteiger partial charge < -0.3 is 4.90 Å². The Morgan fingerprint density at radius 3 is 2.55 bits per heavy atom. The third kappa shape index (κ3) is 4.26. The average Bonchev–Trinajstić information content (AvgIpc) is 3.16. The molecule has 1 fully saturated rings. The molecule has 1 aliphatic carbocycles. The molecule has 0 unspecified atom stereocenters. The van der Waals surface area contributed by atoms with Crippen molar-refractivity contribution in [3.63, 3.8) is 0 Å². The monoisotopic (exact) mass is 488 g/mol.